The molecule has 0 N–H and O–H groups in total. The van der Waals surface area contributed by atoms with E-state index in [1.807, 2.05) is 56.4 Å². The Balaban J connectivity index is 0.000000131. The first-order valence-corrected chi connectivity index (χ1v) is 31.8. The van der Waals surface area contributed by atoms with E-state index in [0.717, 1.165) is 11.4 Å². The number of nitrogens with zero attached hydrogens (tertiary/aromatic N) is 17. The number of hydrogen-bond donors (Lipinski definition) is 0. The molecule has 0 saturated heterocycles. The van der Waals surface area contributed by atoms with Crippen LogP contribution in [-0.2, 0) is 0 Å². The molecule has 4 aromatic carbocycles. The number of hydrogen-bond acceptors (Lipinski definition) is 17. The highest BCUT2D eigenvalue weighted by Gasteiger charge is 2.33. The summed E-state index contributed by atoms with van der Waals surface area (Å²) < 4.78 is 0. The van der Waals surface area contributed by atoms with E-state index >= 15 is 0 Å². The molecular weight excluding hydrogens is 1140 g/mol. The third kappa shape index (κ3) is 14.4. The highest BCUT2D eigenvalue weighted by atomic mass is 15.4. The van der Waals surface area contributed by atoms with Gasteiger partial charge in [0, 0.05) is 134 Å². The molecule has 0 aliphatic carbocycles. The van der Waals surface area contributed by atoms with Gasteiger partial charge in [0.1, 0.15) is 43.3 Å². The van der Waals surface area contributed by atoms with E-state index < -0.39 is 0 Å². The molecule has 8 aromatic rings. The molecule has 0 amide bonds. The number of aryl methyl sites for hydroxylation is 6. The van der Waals surface area contributed by atoms with Crippen LogP contribution in [0.15, 0.2) is 215 Å². The van der Waals surface area contributed by atoms with Crippen molar-refractivity contribution in [3.05, 3.63) is 248 Å². The molecule has 0 saturated carbocycles. The zero-order chi connectivity index (χ0) is 65.9. The maximum atomic E-state index is 4.26. The summed E-state index contributed by atoms with van der Waals surface area (Å²) in [6.45, 7) is 25.8. The van der Waals surface area contributed by atoms with Gasteiger partial charge in [-0.25, -0.2) is 9.97 Å². The second kappa shape index (κ2) is 29.7. The predicted octanol–water partition coefficient (Wildman–Crippen LogP) is 15.1. The molecule has 0 unspecified atom stereocenters. The van der Waals surface area contributed by atoms with Crippen LogP contribution in [0, 0.1) is 41.5 Å². The summed E-state index contributed by atoms with van der Waals surface area (Å²) in [6.07, 6.45) is 33.6. The maximum Gasteiger partial charge on any atom is 0.115 e. The molecule has 0 spiro atoms. The molecule has 480 valence electrons. The fourth-order valence-electron chi connectivity index (χ4n) is 11.9. The normalized spacial score (nSPS) is 19.6. The number of para-hydroxylation sites is 6. The standard InChI is InChI=1S/C16H18N2.C15H17N3.C12H16N2.2C11H15N3.C10H14N4/c1-12-8-4-5-9-14(12)18-13(2)17(3)15-10-6-7-11-16(15)18;1-11-8-9-16-10-15(11)18-12(2)17(3)13-6-4-5-7-14(13)18;1-10-6-4-5-7-12(10)14-9-8-13(3)11(14)2;1-9-8-12-5-4-11(9)14-7-6-13(3)10(14)2;1-9-4-5-12-8-11(9)14-7-6-13(3)10(14)2;1-8-10(6-11-7-12-8)14-5-4-13(3)9(14)2/h4-11,13H,1-3H3;4-10,12H,1-3H3;4-9,11H,1-3H3;2*4-8,10H,1-3H3;4-7,9H,1-3H3/t13-;12-;11-;2*10-;9-/m000000/s1. The number of pyridine rings is 3. The highest BCUT2D eigenvalue weighted by molar-refractivity contribution is 5.85. The first kappa shape index (κ1) is 66.4. The van der Waals surface area contributed by atoms with Crippen LogP contribution in [-0.4, -0.2) is 124 Å². The SMILES string of the molecule is Cc1ccccc1N1C=CN(C)[C@@H]1C.Cc1ccccc1N1c2ccccc2N(C)[C@@H]1C.Cc1ccncc1N1C=CN(C)[C@@H]1C.Cc1ccncc1N1c2ccccc2N(C)[C@@H]1C.Cc1cnccc1N1C=CN(C)[C@@H]1C.Cc1ncncc1N1C=CN(C)[C@@H]1C. The van der Waals surface area contributed by atoms with Gasteiger partial charge in [-0.1, -0.05) is 60.7 Å². The third-order valence-electron chi connectivity index (χ3n) is 18.5. The first-order chi connectivity index (χ1) is 44.2. The van der Waals surface area contributed by atoms with Crippen LogP contribution in [0.5, 0.6) is 0 Å². The van der Waals surface area contributed by atoms with E-state index in [9.17, 15) is 0 Å². The molecule has 10 heterocycles. The average Bonchev–Trinajstić information content (AvgIpc) is 1.63. The molecule has 6 atom stereocenters. The Morgan fingerprint density at radius 1 is 0.272 bits per heavy atom. The van der Waals surface area contributed by atoms with Crippen LogP contribution >= 0.6 is 0 Å². The van der Waals surface area contributed by atoms with Crippen molar-refractivity contribution in [1.82, 2.24) is 44.5 Å². The smallest absolute Gasteiger partial charge is 0.115 e. The second-order valence-electron chi connectivity index (χ2n) is 24.3. The van der Waals surface area contributed by atoms with E-state index in [-0.39, 0.29) is 0 Å². The minimum atomic E-state index is 0.310. The van der Waals surface area contributed by atoms with Crippen molar-refractivity contribution in [2.75, 3.05) is 81.5 Å². The van der Waals surface area contributed by atoms with Crippen molar-refractivity contribution in [2.24, 2.45) is 0 Å². The molecule has 6 aliphatic heterocycles. The topological polar surface area (TPSA) is 103 Å². The van der Waals surface area contributed by atoms with Crippen molar-refractivity contribution >= 4 is 56.9 Å². The van der Waals surface area contributed by atoms with Crippen molar-refractivity contribution in [3.8, 4) is 0 Å². The largest absolute Gasteiger partial charge is 0.359 e. The number of benzene rings is 4. The third-order valence-corrected chi connectivity index (χ3v) is 18.5. The summed E-state index contributed by atoms with van der Waals surface area (Å²) in [4.78, 5) is 47.7. The zero-order valence-electron chi connectivity index (χ0n) is 57.3. The molecule has 6 aliphatic rings. The van der Waals surface area contributed by atoms with E-state index in [1.54, 1.807) is 6.33 Å². The quantitative estimate of drug-likeness (QED) is 0.158. The van der Waals surface area contributed by atoms with Crippen LogP contribution < -0.4 is 39.2 Å². The number of rotatable bonds is 6. The van der Waals surface area contributed by atoms with Crippen LogP contribution in [0.25, 0.3) is 0 Å². The van der Waals surface area contributed by atoms with Crippen molar-refractivity contribution in [2.45, 2.75) is 120 Å². The number of anilines is 10. The lowest BCUT2D eigenvalue weighted by molar-refractivity contribution is 0.382. The molecule has 92 heavy (non-hydrogen) atoms. The lowest BCUT2D eigenvalue weighted by Crippen LogP contribution is -2.35. The Kier molecular flexibility index (Phi) is 21.5. The van der Waals surface area contributed by atoms with E-state index in [1.165, 1.54) is 79.0 Å². The van der Waals surface area contributed by atoms with Gasteiger partial charge in [0.2, 0.25) is 0 Å². The summed E-state index contributed by atoms with van der Waals surface area (Å²) in [7, 11) is 12.6. The molecule has 17 nitrogen and oxygen atoms in total. The van der Waals surface area contributed by atoms with Gasteiger partial charge in [0.25, 0.3) is 0 Å². The van der Waals surface area contributed by atoms with Crippen LogP contribution in [0.3, 0.4) is 0 Å². The predicted molar refractivity (Wildman–Crippen MR) is 384 cm³/mol. The van der Waals surface area contributed by atoms with Crippen LogP contribution in [0.1, 0.15) is 75.1 Å². The molecule has 17 heteroatoms. The highest BCUT2D eigenvalue weighted by Crippen LogP contribution is 2.45. The van der Waals surface area contributed by atoms with Crippen molar-refractivity contribution in [3.63, 3.8) is 0 Å². The lowest BCUT2D eigenvalue weighted by atomic mass is 10.1. The fourth-order valence-corrected chi connectivity index (χ4v) is 11.9. The molecule has 0 radical (unpaired) electrons. The van der Waals surface area contributed by atoms with Gasteiger partial charge in [-0.3, -0.25) is 15.0 Å². The van der Waals surface area contributed by atoms with Gasteiger partial charge >= 0.3 is 0 Å². The minimum absolute atomic E-state index is 0.310. The molecule has 14 rings (SSSR count). The van der Waals surface area contributed by atoms with Gasteiger partial charge in [0.15, 0.2) is 0 Å². The van der Waals surface area contributed by atoms with Crippen molar-refractivity contribution < 1.29 is 0 Å². The Labute approximate surface area is 548 Å². The molecular formula is C75H95N17. The van der Waals surface area contributed by atoms with Gasteiger partial charge < -0.3 is 58.8 Å². The number of aromatic nitrogens is 5. The van der Waals surface area contributed by atoms with Gasteiger partial charge in [0.05, 0.1) is 64.1 Å². The molecule has 0 bridgehead atoms. The van der Waals surface area contributed by atoms with E-state index in [4.69, 9.17) is 0 Å². The Morgan fingerprint density at radius 3 is 1.00 bits per heavy atom. The van der Waals surface area contributed by atoms with Gasteiger partial charge in [-0.2, -0.15) is 0 Å². The van der Waals surface area contributed by atoms with Gasteiger partial charge in [-0.05, 0) is 165 Å². The van der Waals surface area contributed by atoms with Crippen LogP contribution in [0.2, 0.25) is 0 Å². The summed E-state index contributed by atoms with van der Waals surface area (Å²) in [5.41, 5.74) is 19.7. The lowest BCUT2D eigenvalue weighted by Gasteiger charge is -2.28. The Bertz CT molecular complexity index is 3470. The number of fused-ring (bicyclic) bond motifs is 2. The van der Waals surface area contributed by atoms with E-state index in [2.05, 4.69) is 361 Å². The Morgan fingerprint density at radius 2 is 0.598 bits per heavy atom. The monoisotopic (exact) mass is 1230 g/mol. The molecule has 0 fully saturated rings. The second-order valence-corrected chi connectivity index (χ2v) is 24.3. The first-order valence-electron chi connectivity index (χ1n) is 31.8. The Hall–Kier alpha value is -10.0. The van der Waals surface area contributed by atoms with Gasteiger partial charge in [-0.15, -0.1) is 0 Å². The zero-order valence-corrected chi connectivity index (χ0v) is 57.3. The average molecular weight is 1230 g/mol. The maximum absolute atomic E-state index is 4.26. The van der Waals surface area contributed by atoms with E-state index in [0.29, 0.717) is 37.0 Å². The summed E-state index contributed by atoms with van der Waals surface area (Å²) in [5, 5.41) is 0. The summed E-state index contributed by atoms with van der Waals surface area (Å²) in [6, 6.07) is 40.3. The van der Waals surface area contributed by atoms with Crippen LogP contribution in [0.4, 0.5) is 56.9 Å². The summed E-state index contributed by atoms with van der Waals surface area (Å²) >= 11 is 0. The molecule has 4 aromatic heterocycles. The summed E-state index contributed by atoms with van der Waals surface area (Å²) in [5.74, 6) is 0. The minimum Gasteiger partial charge on any atom is -0.359 e. The van der Waals surface area contributed by atoms with Crippen molar-refractivity contribution in [1.29, 1.82) is 0 Å². The fraction of sp³-hybridized carbons (Fsp3) is 0.320.